The van der Waals surface area contributed by atoms with Crippen LogP contribution in [0, 0.1) is 0 Å². The number of alkyl halides is 3. The molecule has 0 fully saturated rings. The second-order valence-electron chi connectivity index (χ2n) is 3.81. The molecule has 1 N–H and O–H groups in total. The summed E-state index contributed by atoms with van der Waals surface area (Å²) in [6.07, 6.45) is -4.35. The van der Waals surface area contributed by atoms with Crippen molar-refractivity contribution in [3.63, 3.8) is 0 Å². The van der Waals surface area contributed by atoms with E-state index in [9.17, 15) is 13.2 Å². The van der Waals surface area contributed by atoms with Gasteiger partial charge in [0, 0.05) is 17.6 Å². The van der Waals surface area contributed by atoms with Crippen LogP contribution in [0.3, 0.4) is 0 Å². The molecule has 1 rings (SSSR count). The first-order valence-electron chi connectivity index (χ1n) is 4.97. The first-order chi connectivity index (χ1) is 7.77. The molecule has 0 saturated carbocycles. The van der Waals surface area contributed by atoms with Crippen LogP contribution in [0.1, 0.15) is 12.5 Å². The van der Waals surface area contributed by atoms with Gasteiger partial charge in [0.1, 0.15) is 0 Å². The van der Waals surface area contributed by atoms with Crippen molar-refractivity contribution in [1.29, 1.82) is 0 Å². The molecule has 0 radical (unpaired) electrons. The van der Waals surface area contributed by atoms with E-state index in [-0.39, 0.29) is 12.6 Å². The van der Waals surface area contributed by atoms with E-state index >= 15 is 0 Å². The average Bonchev–Trinajstić information content (AvgIpc) is 2.25. The monoisotopic (exact) mass is 311 g/mol. The van der Waals surface area contributed by atoms with Crippen LogP contribution >= 0.6 is 15.9 Å². The normalized spacial score (nSPS) is 13.6. The lowest BCUT2D eigenvalue weighted by Crippen LogP contribution is -2.32. The van der Waals surface area contributed by atoms with Crippen LogP contribution in [0.4, 0.5) is 18.9 Å². The number of aliphatic hydroxyl groups excluding tert-OH is 1. The van der Waals surface area contributed by atoms with E-state index < -0.39 is 11.7 Å². The molecule has 1 unspecified atom stereocenters. The summed E-state index contributed by atoms with van der Waals surface area (Å²) in [5.74, 6) is 0. The van der Waals surface area contributed by atoms with Gasteiger partial charge in [-0.05, 0) is 41.1 Å². The maximum absolute atomic E-state index is 12.5. The van der Waals surface area contributed by atoms with Crippen molar-refractivity contribution < 1.29 is 18.3 Å². The molecule has 96 valence electrons. The number of aliphatic hydroxyl groups is 1. The van der Waals surface area contributed by atoms with Gasteiger partial charge in [0.05, 0.1) is 17.9 Å². The van der Waals surface area contributed by atoms with E-state index in [2.05, 4.69) is 15.9 Å². The highest BCUT2D eigenvalue weighted by Gasteiger charge is 2.31. The number of halogens is 4. The molecule has 0 aliphatic rings. The number of nitrogens with zero attached hydrogens (tertiary/aromatic N) is 1. The van der Waals surface area contributed by atoms with Crippen LogP contribution in [-0.2, 0) is 6.18 Å². The fourth-order valence-electron chi connectivity index (χ4n) is 1.33. The van der Waals surface area contributed by atoms with Gasteiger partial charge in [-0.25, -0.2) is 0 Å². The summed E-state index contributed by atoms with van der Waals surface area (Å²) in [6.45, 7) is 1.72. The molecule has 0 heterocycles. The topological polar surface area (TPSA) is 23.5 Å². The maximum atomic E-state index is 12.5. The smallest absolute Gasteiger partial charge is 0.394 e. The number of likely N-dealkylation sites (N-methyl/N-ethyl adjacent to an activating group) is 1. The lowest BCUT2D eigenvalue weighted by Gasteiger charge is -2.26. The minimum absolute atomic E-state index is 0.0655. The molecule has 0 aromatic heterocycles. The van der Waals surface area contributed by atoms with Crippen molar-refractivity contribution in [1.82, 2.24) is 0 Å². The van der Waals surface area contributed by atoms with E-state index in [1.54, 1.807) is 18.9 Å². The third kappa shape index (κ3) is 3.35. The Morgan fingerprint density at radius 3 is 2.41 bits per heavy atom. The van der Waals surface area contributed by atoms with Crippen LogP contribution in [0.2, 0.25) is 0 Å². The molecular formula is C11H13BrF3NO. The van der Waals surface area contributed by atoms with Gasteiger partial charge in [0.2, 0.25) is 0 Å². The fourth-order valence-corrected chi connectivity index (χ4v) is 1.99. The summed E-state index contributed by atoms with van der Waals surface area (Å²) in [5.41, 5.74) is -0.0854. The zero-order valence-electron chi connectivity index (χ0n) is 9.42. The Kier molecular flexibility index (Phi) is 4.43. The Labute approximate surface area is 106 Å². The predicted molar refractivity (Wildman–Crippen MR) is 64.1 cm³/mol. The molecule has 17 heavy (non-hydrogen) atoms. The van der Waals surface area contributed by atoms with Gasteiger partial charge >= 0.3 is 6.18 Å². The van der Waals surface area contributed by atoms with Crippen molar-refractivity contribution in [3.8, 4) is 0 Å². The molecule has 0 saturated heterocycles. The third-order valence-electron chi connectivity index (χ3n) is 2.58. The largest absolute Gasteiger partial charge is 0.416 e. The summed E-state index contributed by atoms with van der Waals surface area (Å²) < 4.78 is 37.7. The lowest BCUT2D eigenvalue weighted by atomic mass is 10.1. The van der Waals surface area contributed by atoms with Crippen molar-refractivity contribution in [2.75, 3.05) is 18.6 Å². The average molecular weight is 312 g/mol. The molecule has 1 aromatic carbocycles. The number of rotatable bonds is 3. The van der Waals surface area contributed by atoms with Gasteiger partial charge in [0.15, 0.2) is 0 Å². The van der Waals surface area contributed by atoms with E-state index in [0.29, 0.717) is 10.2 Å². The highest BCUT2D eigenvalue weighted by Crippen LogP contribution is 2.35. The molecule has 6 heteroatoms. The van der Waals surface area contributed by atoms with Gasteiger partial charge in [-0.2, -0.15) is 13.2 Å². The van der Waals surface area contributed by atoms with Gasteiger partial charge < -0.3 is 10.0 Å². The van der Waals surface area contributed by atoms with Crippen molar-refractivity contribution in [2.24, 2.45) is 0 Å². The predicted octanol–water partition coefficient (Wildman–Crippen LogP) is 3.28. The molecule has 0 spiro atoms. The van der Waals surface area contributed by atoms with Gasteiger partial charge in [-0.3, -0.25) is 0 Å². The van der Waals surface area contributed by atoms with Gasteiger partial charge in [-0.1, -0.05) is 0 Å². The first kappa shape index (κ1) is 14.3. The van der Waals surface area contributed by atoms with Crippen molar-refractivity contribution >= 4 is 21.6 Å². The Balaban J connectivity index is 3.06. The number of anilines is 1. The van der Waals surface area contributed by atoms with Gasteiger partial charge in [-0.15, -0.1) is 0 Å². The van der Waals surface area contributed by atoms with E-state index in [4.69, 9.17) is 5.11 Å². The molecule has 1 atom stereocenters. The Morgan fingerprint density at radius 1 is 1.41 bits per heavy atom. The number of benzene rings is 1. The molecule has 0 aliphatic heterocycles. The lowest BCUT2D eigenvalue weighted by molar-refractivity contribution is -0.137. The van der Waals surface area contributed by atoms with Crippen LogP contribution in [-0.4, -0.2) is 24.8 Å². The van der Waals surface area contributed by atoms with Crippen LogP contribution in [0.5, 0.6) is 0 Å². The van der Waals surface area contributed by atoms with E-state index in [1.165, 1.54) is 6.07 Å². The number of hydrogen-bond donors (Lipinski definition) is 1. The zero-order chi connectivity index (χ0) is 13.2. The second-order valence-corrected chi connectivity index (χ2v) is 4.66. The maximum Gasteiger partial charge on any atom is 0.416 e. The molecule has 0 bridgehead atoms. The standard InChI is InChI=1S/C11H13BrF3NO/c1-7(6-17)16(2)10-4-3-8(5-9(10)12)11(13,14)15/h3-5,7,17H,6H2,1-2H3. The molecule has 0 amide bonds. The third-order valence-corrected chi connectivity index (χ3v) is 3.22. The SMILES string of the molecule is CC(CO)N(C)c1ccc(C(F)(F)F)cc1Br. The Morgan fingerprint density at radius 2 is 2.00 bits per heavy atom. The zero-order valence-corrected chi connectivity index (χ0v) is 11.0. The quantitative estimate of drug-likeness (QED) is 0.926. The molecular weight excluding hydrogens is 299 g/mol. The van der Waals surface area contributed by atoms with E-state index in [0.717, 1.165) is 12.1 Å². The first-order valence-corrected chi connectivity index (χ1v) is 5.77. The van der Waals surface area contributed by atoms with Crippen LogP contribution < -0.4 is 4.90 Å². The van der Waals surface area contributed by atoms with Crippen LogP contribution in [0.15, 0.2) is 22.7 Å². The minimum atomic E-state index is -4.35. The van der Waals surface area contributed by atoms with E-state index in [1.807, 2.05) is 0 Å². The molecule has 0 aliphatic carbocycles. The van der Waals surface area contributed by atoms with Crippen molar-refractivity contribution in [3.05, 3.63) is 28.2 Å². The molecule has 1 aromatic rings. The Bertz CT molecular complexity index is 395. The van der Waals surface area contributed by atoms with Gasteiger partial charge in [0.25, 0.3) is 0 Å². The number of hydrogen-bond acceptors (Lipinski definition) is 2. The summed E-state index contributed by atoms with van der Waals surface area (Å²) in [7, 11) is 1.72. The summed E-state index contributed by atoms with van der Waals surface area (Å²) in [6, 6.07) is 3.29. The highest BCUT2D eigenvalue weighted by molar-refractivity contribution is 9.10. The summed E-state index contributed by atoms with van der Waals surface area (Å²) in [5, 5.41) is 9.00. The second kappa shape index (κ2) is 5.27. The summed E-state index contributed by atoms with van der Waals surface area (Å²) >= 11 is 3.11. The van der Waals surface area contributed by atoms with Crippen LogP contribution in [0.25, 0.3) is 0 Å². The summed E-state index contributed by atoms with van der Waals surface area (Å²) in [4.78, 5) is 1.71. The highest BCUT2D eigenvalue weighted by atomic mass is 79.9. The minimum Gasteiger partial charge on any atom is -0.394 e. The van der Waals surface area contributed by atoms with Crippen molar-refractivity contribution in [2.45, 2.75) is 19.1 Å². The Hall–Kier alpha value is -0.750. The fraction of sp³-hybridized carbons (Fsp3) is 0.455. The molecule has 2 nitrogen and oxygen atoms in total.